The lowest BCUT2D eigenvalue weighted by Crippen LogP contribution is -2.50. The Morgan fingerprint density at radius 3 is 2.43 bits per heavy atom. The van der Waals surface area contributed by atoms with Gasteiger partial charge in [0.1, 0.15) is 0 Å². The van der Waals surface area contributed by atoms with Crippen molar-refractivity contribution in [2.75, 3.05) is 26.2 Å². The van der Waals surface area contributed by atoms with E-state index in [2.05, 4.69) is 31.2 Å². The summed E-state index contributed by atoms with van der Waals surface area (Å²) in [4.78, 5) is 16.6. The molecule has 2 saturated heterocycles. The van der Waals surface area contributed by atoms with Crippen LogP contribution in [0.15, 0.2) is 24.3 Å². The van der Waals surface area contributed by atoms with Crippen molar-refractivity contribution >= 4 is 6.03 Å². The minimum Gasteiger partial charge on any atom is -0.393 e. The molecule has 3 rings (SSSR count). The van der Waals surface area contributed by atoms with Crippen molar-refractivity contribution in [2.45, 2.75) is 51.0 Å². The highest BCUT2D eigenvalue weighted by Crippen LogP contribution is 2.28. The molecule has 0 bridgehead atoms. The zero-order valence-corrected chi connectivity index (χ0v) is 14.1. The van der Waals surface area contributed by atoms with E-state index in [0.29, 0.717) is 31.8 Å². The number of nitrogens with zero attached hydrogens (tertiary/aromatic N) is 2. The lowest BCUT2D eigenvalue weighted by Gasteiger charge is -2.38. The third kappa shape index (κ3) is 3.86. The normalized spacial score (nSPS) is 23.1. The number of aryl methyl sites for hydroxylation is 1. The molecule has 2 amide bonds. The van der Waals surface area contributed by atoms with Crippen LogP contribution in [0, 0.1) is 0 Å². The molecular weight excluding hydrogens is 288 g/mol. The van der Waals surface area contributed by atoms with Gasteiger partial charge in [-0.3, -0.25) is 0 Å². The van der Waals surface area contributed by atoms with Gasteiger partial charge >= 0.3 is 6.03 Å². The van der Waals surface area contributed by atoms with Crippen LogP contribution in [0.5, 0.6) is 0 Å². The summed E-state index contributed by atoms with van der Waals surface area (Å²) in [7, 11) is 0. The third-order valence-electron chi connectivity index (χ3n) is 5.29. The van der Waals surface area contributed by atoms with Gasteiger partial charge in [0.05, 0.1) is 6.10 Å². The Hall–Kier alpha value is -1.55. The fourth-order valence-electron chi connectivity index (χ4n) is 3.71. The zero-order chi connectivity index (χ0) is 16.2. The molecule has 2 fully saturated rings. The minimum absolute atomic E-state index is 0.159. The highest BCUT2D eigenvalue weighted by Gasteiger charge is 2.29. The molecule has 23 heavy (non-hydrogen) atoms. The molecule has 0 spiro atoms. The van der Waals surface area contributed by atoms with Crippen molar-refractivity contribution < 1.29 is 9.90 Å². The molecule has 2 aliphatic rings. The van der Waals surface area contributed by atoms with E-state index in [4.69, 9.17) is 0 Å². The second-order valence-corrected chi connectivity index (χ2v) is 6.88. The van der Waals surface area contributed by atoms with Crippen molar-refractivity contribution in [1.82, 2.24) is 9.80 Å². The molecule has 4 nitrogen and oxygen atoms in total. The van der Waals surface area contributed by atoms with Gasteiger partial charge in [-0.05, 0) is 43.2 Å². The lowest BCUT2D eigenvalue weighted by atomic mass is 9.90. The fourth-order valence-corrected chi connectivity index (χ4v) is 3.71. The van der Waals surface area contributed by atoms with Gasteiger partial charge in [-0.2, -0.15) is 0 Å². The summed E-state index contributed by atoms with van der Waals surface area (Å²) in [5.41, 5.74) is 2.72. The van der Waals surface area contributed by atoms with E-state index in [9.17, 15) is 9.90 Å². The maximum absolute atomic E-state index is 12.7. The minimum atomic E-state index is -0.231. The Labute approximate surface area is 139 Å². The van der Waals surface area contributed by atoms with Gasteiger partial charge < -0.3 is 14.9 Å². The Kier molecular flexibility index (Phi) is 5.21. The van der Waals surface area contributed by atoms with Crippen molar-refractivity contribution in [1.29, 1.82) is 0 Å². The van der Waals surface area contributed by atoms with E-state index < -0.39 is 0 Å². The molecule has 4 heteroatoms. The van der Waals surface area contributed by atoms with Crippen LogP contribution < -0.4 is 0 Å². The smallest absolute Gasteiger partial charge is 0.320 e. The number of likely N-dealkylation sites (tertiary alicyclic amines) is 2. The van der Waals surface area contributed by atoms with Crippen LogP contribution >= 0.6 is 0 Å². The van der Waals surface area contributed by atoms with Crippen LogP contribution in [-0.2, 0) is 6.42 Å². The van der Waals surface area contributed by atoms with Crippen molar-refractivity contribution in [3.8, 4) is 0 Å². The number of hydrogen-bond acceptors (Lipinski definition) is 2. The fraction of sp³-hybridized carbons (Fsp3) is 0.632. The van der Waals surface area contributed by atoms with Crippen molar-refractivity contribution in [3.05, 3.63) is 35.4 Å². The van der Waals surface area contributed by atoms with Crippen molar-refractivity contribution in [2.24, 2.45) is 0 Å². The zero-order valence-electron chi connectivity index (χ0n) is 14.1. The first-order valence-corrected chi connectivity index (χ1v) is 8.98. The summed E-state index contributed by atoms with van der Waals surface area (Å²) in [6.45, 7) is 5.23. The van der Waals surface area contributed by atoms with Gasteiger partial charge in [0.25, 0.3) is 0 Å². The molecule has 126 valence electrons. The number of aliphatic hydroxyl groups excluding tert-OH is 1. The van der Waals surface area contributed by atoms with Gasteiger partial charge in [0.15, 0.2) is 0 Å². The van der Waals surface area contributed by atoms with Crippen LogP contribution in [-0.4, -0.2) is 53.2 Å². The molecule has 1 atom stereocenters. The van der Waals surface area contributed by atoms with Gasteiger partial charge in [-0.15, -0.1) is 0 Å². The number of urea groups is 1. The largest absolute Gasteiger partial charge is 0.393 e. The molecular formula is C19H28N2O2. The van der Waals surface area contributed by atoms with E-state index in [1.807, 2.05) is 9.80 Å². The predicted molar refractivity (Wildman–Crippen MR) is 91.6 cm³/mol. The average Bonchev–Trinajstić information content (AvgIpc) is 2.62. The number of piperidine rings is 2. The number of benzene rings is 1. The summed E-state index contributed by atoms with van der Waals surface area (Å²) >= 11 is 0. The summed E-state index contributed by atoms with van der Waals surface area (Å²) < 4.78 is 0. The van der Waals surface area contributed by atoms with E-state index in [1.165, 1.54) is 11.1 Å². The summed E-state index contributed by atoms with van der Waals surface area (Å²) in [5, 5.41) is 9.60. The predicted octanol–water partition coefficient (Wildman–Crippen LogP) is 3.01. The first-order chi connectivity index (χ1) is 11.2. The molecule has 1 unspecified atom stereocenters. The van der Waals surface area contributed by atoms with E-state index >= 15 is 0 Å². The Morgan fingerprint density at radius 2 is 1.78 bits per heavy atom. The number of rotatable bonds is 2. The average molecular weight is 316 g/mol. The summed E-state index contributed by atoms with van der Waals surface area (Å²) in [6.07, 6.45) is 4.49. The maximum atomic E-state index is 12.7. The van der Waals surface area contributed by atoms with Gasteiger partial charge in [0, 0.05) is 32.1 Å². The van der Waals surface area contributed by atoms with Crippen LogP contribution in [0.2, 0.25) is 0 Å². The van der Waals surface area contributed by atoms with E-state index in [0.717, 1.165) is 32.4 Å². The Morgan fingerprint density at radius 1 is 1.09 bits per heavy atom. The Balaban J connectivity index is 1.62. The molecule has 0 aliphatic carbocycles. The SMILES string of the molecule is CCc1ccc(C2CCCN(C(=O)N3CCC(O)CC3)C2)cc1. The number of amides is 2. The first kappa shape index (κ1) is 16.3. The third-order valence-corrected chi connectivity index (χ3v) is 5.29. The number of aliphatic hydroxyl groups is 1. The van der Waals surface area contributed by atoms with Crippen LogP contribution in [0.25, 0.3) is 0 Å². The standard InChI is InChI=1S/C19H28N2O2/c1-2-15-5-7-16(8-6-15)17-4-3-11-21(14-17)19(23)20-12-9-18(22)10-13-20/h5-8,17-18,22H,2-4,9-14H2,1H3. The van der Waals surface area contributed by atoms with Gasteiger partial charge in [-0.1, -0.05) is 31.2 Å². The number of hydrogen-bond donors (Lipinski definition) is 1. The van der Waals surface area contributed by atoms with E-state index in [-0.39, 0.29) is 12.1 Å². The highest BCUT2D eigenvalue weighted by molar-refractivity contribution is 5.74. The molecule has 0 saturated carbocycles. The molecule has 1 aromatic rings. The second kappa shape index (κ2) is 7.35. The molecule has 2 heterocycles. The molecule has 0 radical (unpaired) electrons. The van der Waals surface area contributed by atoms with E-state index in [1.54, 1.807) is 0 Å². The van der Waals surface area contributed by atoms with Crippen LogP contribution in [0.1, 0.15) is 49.7 Å². The Bertz CT molecular complexity index is 521. The first-order valence-electron chi connectivity index (χ1n) is 8.98. The summed E-state index contributed by atoms with van der Waals surface area (Å²) in [5.74, 6) is 0.453. The molecule has 1 N–H and O–H groups in total. The molecule has 0 aromatic heterocycles. The van der Waals surface area contributed by atoms with Crippen LogP contribution in [0.4, 0.5) is 4.79 Å². The number of carbonyl (C=O) groups excluding carboxylic acids is 1. The quantitative estimate of drug-likeness (QED) is 0.911. The van der Waals surface area contributed by atoms with Gasteiger partial charge in [0.2, 0.25) is 0 Å². The van der Waals surface area contributed by atoms with Crippen LogP contribution in [0.3, 0.4) is 0 Å². The highest BCUT2D eigenvalue weighted by atomic mass is 16.3. The second-order valence-electron chi connectivity index (χ2n) is 6.88. The topological polar surface area (TPSA) is 43.8 Å². The lowest BCUT2D eigenvalue weighted by molar-refractivity contribution is 0.0774. The van der Waals surface area contributed by atoms with Gasteiger partial charge in [-0.25, -0.2) is 4.79 Å². The number of carbonyl (C=O) groups is 1. The molecule has 1 aromatic carbocycles. The molecule has 2 aliphatic heterocycles. The summed E-state index contributed by atoms with van der Waals surface area (Å²) in [6, 6.07) is 9.04. The maximum Gasteiger partial charge on any atom is 0.320 e. The van der Waals surface area contributed by atoms with Crippen molar-refractivity contribution in [3.63, 3.8) is 0 Å². The monoisotopic (exact) mass is 316 g/mol.